The van der Waals surface area contributed by atoms with Crippen LogP contribution < -0.4 is 5.32 Å². The van der Waals surface area contributed by atoms with Crippen LogP contribution in [0.2, 0.25) is 0 Å². The summed E-state index contributed by atoms with van der Waals surface area (Å²) >= 11 is 0. The second kappa shape index (κ2) is 16.5. The number of fused-ring (bicyclic) bond motifs is 5. The molecule has 1 heterocycles. The lowest BCUT2D eigenvalue weighted by Crippen LogP contribution is -2.51. The van der Waals surface area contributed by atoms with Crippen LogP contribution in [0, 0.1) is 52.3 Å². The zero-order valence-corrected chi connectivity index (χ0v) is 31.6. The second-order valence-corrected chi connectivity index (χ2v) is 17.5. The Bertz CT molecular complexity index is 1190. The summed E-state index contributed by atoms with van der Waals surface area (Å²) in [6.45, 7) is 15.4. The summed E-state index contributed by atoms with van der Waals surface area (Å²) in [5.74, 6) is 3.79. The van der Waals surface area contributed by atoms with Crippen molar-refractivity contribution >= 4 is 18.0 Å². The number of rotatable bonds is 14. The molecule has 3 saturated carbocycles. The summed E-state index contributed by atoms with van der Waals surface area (Å²) in [6, 6.07) is 0. The summed E-state index contributed by atoms with van der Waals surface area (Å²) in [5, 5.41) is 13.1. The normalized spacial score (nSPS) is 36.0. The molecule has 0 radical (unpaired) electrons. The number of alkyl carbamates (subject to hydrolysis) is 1. The third kappa shape index (κ3) is 8.52. The third-order valence-corrected chi connectivity index (χ3v) is 14.1. The predicted octanol–water partition coefficient (Wildman–Crippen LogP) is 8.07. The van der Waals surface area contributed by atoms with Crippen LogP contribution in [-0.2, 0) is 19.1 Å². The van der Waals surface area contributed by atoms with E-state index in [0.29, 0.717) is 24.8 Å². The monoisotopic (exact) mass is 685 g/mol. The maximum absolute atomic E-state index is 12.7. The molecule has 5 rings (SSSR count). The zero-order chi connectivity index (χ0) is 35.3. The van der Waals surface area contributed by atoms with Crippen molar-refractivity contribution in [1.82, 2.24) is 10.2 Å². The molecular weight excluding hydrogens is 616 g/mol. The van der Waals surface area contributed by atoms with Gasteiger partial charge in [-0.05, 0) is 111 Å². The van der Waals surface area contributed by atoms with E-state index in [0.717, 1.165) is 67.6 Å². The first-order chi connectivity index (χ1) is 23.4. The van der Waals surface area contributed by atoms with Crippen molar-refractivity contribution in [3.8, 4) is 0 Å². The largest absolute Gasteiger partial charge is 0.466 e. The number of allylic oxidation sites excluding steroid dienone is 1. The smallest absolute Gasteiger partial charge is 0.407 e. The highest BCUT2D eigenvalue weighted by molar-refractivity contribution is 5.79. The molecule has 10 atom stereocenters. The van der Waals surface area contributed by atoms with Gasteiger partial charge < -0.3 is 24.8 Å². The highest BCUT2D eigenvalue weighted by Crippen LogP contribution is 2.67. The van der Waals surface area contributed by atoms with Crippen LogP contribution in [0.1, 0.15) is 138 Å². The van der Waals surface area contributed by atoms with E-state index in [1.807, 2.05) is 0 Å². The molecule has 0 aromatic rings. The standard InChI is InChI=1S/C41H68N2O6/c1-7-48-38(46)32-25-43(26-36(32)44)37(45)14-9-8-10-23-42-39(47)49-30-19-21-40(5)29(24-30)15-16-31-34-18-17-33(28(4)13-11-12-27(2)3)41(34,6)22-20-35(31)40/h15,27-28,30-36,44H,7-14,16-26H2,1-6H3,(H,42,47)/t28?,30-,31?,32?,33+,34?,35?,36?,40-,41?/m0/s1. The van der Waals surface area contributed by atoms with Gasteiger partial charge in [0, 0.05) is 32.5 Å². The van der Waals surface area contributed by atoms with Crippen LogP contribution in [-0.4, -0.2) is 66.4 Å². The van der Waals surface area contributed by atoms with E-state index in [-0.39, 0.29) is 43.2 Å². The number of β-amino-alcohol motifs (C(OH)–C–C–N with tert-alkyl or cyclic N) is 1. The SMILES string of the molecule is CCOC(=O)C1CN(C(=O)CCCCCNC(=O)O[C@H]2CC[C@@]3(C)C(=CCC4C5CC[C@H](C(C)CCCC(C)C)C5(C)CCC43)C2)CC1O. The molecular formula is C41H68N2O6. The lowest BCUT2D eigenvalue weighted by Gasteiger charge is -2.58. The van der Waals surface area contributed by atoms with E-state index in [9.17, 15) is 19.5 Å². The van der Waals surface area contributed by atoms with Gasteiger partial charge in [-0.2, -0.15) is 0 Å². The number of likely N-dealkylation sites (tertiary alicyclic amines) is 1. The molecule has 5 aliphatic rings. The fraction of sp³-hybridized carbons (Fsp3) is 0.878. The average Bonchev–Trinajstić information content (AvgIpc) is 3.62. The molecule has 7 unspecified atom stereocenters. The molecule has 8 heteroatoms. The first-order valence-corrected chi connectivity index (χ1v) is 20.1. The van der Waals surface area contributed by atoms with E-state index >= 15 is 0 Å². The van der Waals surface area contributed by atoms with Crippen molar-refractivity contribution in [2.45, 2.75) is 150 Å². The Kier molecular flexibility index (Phi) is 12.8. The van der Waals surface area contributed by atoms with E-state index in [1.54, 1.807) is 17.4 Å². The van der Waals surface area contributed by atoms with Gasteiger partial charge in [-0.1, -0.05) is 72.0 Å². The molecule has 1 saturated heterocycles. The zero-order valence-electron chi connectivity index (χ0n) is 31.6. The lowest BCUT2D eigenvalue weighted by atomic mass is 9.47. The number of carbonyl (C=O) groups is 3. The minimum Gasteiger partial charge on any atom is -0.466 e. The highest BCUT2D eigenvalue weighted by Gasteiger charge is 2.59. The fourth-order valence-corrected chi connectivity index (χ4v) is 11.3. The predicted molar refractivity (Wildman–Crippen MR) is 192 cm³/mol. The quantitative estimate of drug-likeness (QED) is 0.109. The number of esters is 1. The minimum absolute atomic E-state index is 0.0531. The van der Waals surface area contributed by atoms with E-state index < -0.39 is 18.0 Å². The van der Waals surface area contributed by atoms with E-state index in [1.165, 1.54) is 51.4 Å². The molecule has 2 N–H and O–H groups in total. The highest BCUT2D eigenvalue weighted by atomic mass is 16.6. The van der Waals surface area contributed by atoms with Crippen molar-refractivity contribution in [3.05, 3.63) is 11.6 Å². The van der Waals surface area contributed by atoms with Crippen LogP contribution >= 0.6 is 0 Å². The van der Waals surface area contributed by atoms with Crippen LogP contribution in [0.3, 0.4) is 0 Å². The van der Waals surface area contributed by atoms with Crippen LogP contribution in [0.25, 0.3) is 0 Å². The van der Waals surface area contributed by atoms with Crippen LogP contribution in [0.5, 0.6) is 0 Å². The van der Waals surface area contributed by atoms with Crippen molar-refractivity contribution in [3.63, 3.8) is 0 Å². The maximum atomic E-state index is 12.7. The summed E-state index contributed by atoms with van der Waals surface area (Å²) in [6.07, 6.45) is 17.8. The summed E-state index contributed by atoms with van der Waals surface area (Å²) in [7, 11) is 0. The Morgan fingerprint density at radius 1 is 0.980 bits per heavy atom. The fourth-order valence-electron chi connectivity index (χ4n) is 11.3. The number of aliphatic hydroxyl groups is 1. The lowest BCUT2D eigenvalue weighted by molar-refractivity contribution is -0.150. The summed E-state index contributed by atoms with van der Waals surface area (Å²) < 4.78 is 11.0. The number of nitrogens with one attached hydrogen (secondary N) is 1. The number of amides is 2. The molecule has 0 aromatic heterocycles. The number of nitrogens with zero attached hydrogens (tertiary/aromatic N) is 1. The van der Waals surface area contributed by atoms with Gasteiger partial charge in [-0.25, -0.2) is 4.79 Å². The molecule has 49 heavy (non-hydrogen) atoms. The molecule has 278 valence electrons. The maximum Gasteiger partial charge on any atom is 0.407 e. The van der Waals surface area contributed by atoms with Crippen LogP contribution in [0.4, 0.5) is 4.79 Å². The number of unbranched alkanes of at least 4 members (excludes halogenated alkanes) is 2. The van der Waals surface area contributed by atoms with Gasteiger partial charge in [-0.3, -0.25) is 9.59 Å². The average molecular weight is 685 g/mol. The summed E-state index contributed by atoms with van der Waals surface area (Å²) in [5.41, 5.74) is 2.29. The van der Waals surface area contributed by atoms with Gasteiger partial charge in [0.05, 0.1) is 12.7 Å². The number of carbonyl (C=O) groups excluding carboxylic acids is 3. The molecule has 0 aromatic carbocycles. The Morgan fingerprint density at radius 3 is 2.53 bits per heavy atom. The van der Waals surface area contributed by atoms with Gasteiger partial charge in [0.2, 0.25) is 5.91 Å². The number of ether oxygens (including phenoxy) is 2. The summed E-state index contributed by atoms with van der Waals surface area (Å²) in [4.78, 5) is 38.9. The molecule has 4 aliphatic carbocycles. The Hall–Kier alpha value is -2.09. The number of hydrogen-bond acceptors (Lipinski definition) is 6. The molecule has 0 spiro atoms. The van der Waals surface area contributed by atoms with Crippen molar-refractivity contribution in [2.24, 2.45) is 52.3 Å². The molecule has 0 bridgehead atoms. The number of hydrogen-bond donors (Lipinski definition) is 2. The first kappa shape index (κ1) is 38.1. The molecule has 8 nitrogen and oxygen atoms in total. The van der Waals surface area contributed by atoms with Gasteiger partial charge in [0.1, 0.15) is 12.0 Å². The molecule has 1 aliphatic heterocycles. The van der Waals surface area contributed by atoms with E-state index in [2.05, 4.69) is 46.0 Å². The van der Waals surface area contributed by atoms with Crippen molar-refractivity contribution < 1.29 is 29.0 Å². The Morgan fingerprint density at radius 2 is 1.78 bits per heavy atom. The minimum atomic E-state index is -0.871. The van der Waals surface area contributed by atoms with E-state index in [4.69, 9.17) is 9.47 Å². The molecule has 4 fully saturated rings. The Balaban J connectivity index is 1.01. The van der Waals surface area contributed by atoms with Gasteiger partial charge in [-0.15, -0.1) is 0 Å². The number of aliphatic hydroxyl groups excluding tert-OH is 1. The first-order valence-electron chi connectivity index (χ1n) is 20.1. The van der Waals surface area contributed by atoms with Gasteiger partial charge in [0.15, 0.2) is 0 Å². The topological polar surface area (TPSA) is 105 Å². The second-order valence-electron chi connectivity index (χ2n) is 17.5. The van der Waals surface area contributed by atoms with Crippen LogP contribution in [0.15, 0.2) is 11.6 Å². The van der Waals surface area contributed by atoms with Crippen molar-refractivity contribution in [1.29, 1.82) is 0 Å². The molecule has 2 amide bonds. The van der Waals surface area contributed by atoms with Crippen molar-refractivity contribution in [2.75, 3.05) is 26.2 Å². The van der Waals surface area contributed by atoms with Gasteiger partial charge in [0.25, 0.3) is 0 Å². The van der Waals surface area contributed by atoms with Gasteiger partial charge >= 0.3 is 12.1 Å². The third-order valence-electron chi connectivity index (χ3n) is 14.1. The Labute approximate surface area is 296 Å².